The van der Waals surface area contributed by atoms with Gasteiger partial charge in [0.1, 0.15) is 6.04 Å². The highest BCUT2D eigenvalue weighted by atomic mass is 16.4. The molecule has 0 fully saturated rings. The largest absolute Gasteiger partial charge is 0.480 e. The van der Waals surface area contributed by atoms with E-state index in [4.69, 9.17) is 10.8 Å². The van der Waals surface area contributed by atoms with Crippen LogP contribution in [-0.2, 0) is 9.59 Å². The number of amides is 1. The number of carboxylic acids is 1. The third kappa shape index (κ3) is 4.73. The first-order valence-electron chi connectivity index (χ1n) is 6.08. The summed E-state index contributed by atoms with van der Waals surface area (Å²) in [4.78, 5) is 23.0. The molecule has 0 rings (SSSR count). The Kier molecular flexibility index (Phi) is 6.16. The van der Waals surface area contributed by atoms with Crippen LogP contribution in [0.1, 0.15) is 47.0 Å². The zero-order valence-corrected chi connectivity index (χ0v) is 11.1. The van der Waals surface area contributed by atoms with Gasteiger partial charge in [-0.05, 0) is 19.3 Å². The van der Waals surface area contributed by atoms with Crippen LogP contribution < -0.4 is 11.1 Å². The average molecular weight is 244 g/mol. The molecule has 5 nitrogen and oxygen atoms in total. The first-order chi connectivity index (χ1) is 7.76. The number of carbonyl (C=O) groups excluding carboxylic acids is 1. The van der Waals surface area contributed by atoms with E-state index in [1.807, 2.05) is 13.8 Å². The Bertz CT molecular complexity index is 277. The molecule has 0 aromatic heterocycles. The fourth-order valence-corrected chi connectivity index (χ4v) is 1.62. The Balaban J connectivity index is 4.67. The smallest absolute Gasteiger partial charge is 0.326 e. The van der Waals surface area contributed by atoms with Crippen LogP contribution in [0.15, 0.2) is 0 Å². The molecule has 3 unspecified atom stereocenters. The second-order valence-electron chi connectivity index (χ2n) is 4.84. The number of aliphatic carboxylic acids is 1. The molecule has 3 atom stereocenters. The van der Waals surface area contributed by atoms with Gasteiger partial charge in [-0.15, -0.1) is 0 Å². The molecule has 0 heterocycles. The number of carboxylic acid groups (broad SMARTS) is 1. The van der Waals surface area contributed by atoms with Crippen LogP contribution in [0.5, 0.6) is 0 Å². The van der Waals surface area contributed by atoms with Gasteiger partial charge in [0.2, 0.25) is 5.91 Å². The fourth-order valence-electron chi connectivity index (χ4n) is 1.62. The Hall–Kier alpha value is -1.10. The average Bonchev–Trinajstić information content (AvgIpc) is 2.23. The monoisotopic (exact) mass is 244 g/mol. The predicted molar refractivity (Wildman–Crippen MR) is 66.5 cm³/mol. The minimum absolute atomic E-state index is 0.117. The topological polar surface area (TPSA) is 92.4 Å². The van der Waals surface area contributed by atoms with Gasteiger partial charge in [-0.3, -0.25) is 4.79 Å². The van der Waals surface area contributed by atoms with Crippen molar-refractivity contribution < 1.29 is 14.7 Å². The molecule has 0 aliphatic rings. The number of hydrogen-bond donors (Lipinski definition) is 3. The van der Waals surface area contributed by atoms with E-state index in [-0.39, 0.29) is 5.92 Å². The van der Waals surface area contributed by atoms with E-state index in [2.05, 4.69) is 5.32 Å². The minimum atomic E-state index is -1.01. The molecule has 0 aromatic rings. The van der Waals surface area contributed by atoms with Gasteiger partial charge in [0.15, 0.2) is 0 Å². The molecule has 17 heavy (non-hydrogen) atoms. The number of nitrogens with one attached hydrogen (secondary N) is 1. The van der Waals surface area contributed by atoms with E-state index in [9.17, 15) is 9.59 Å². The quantitative estimate of drug-likeness (QED) is 0.625. The molecule has 100 valence electrons. The molecule has 0 bridgehead atoms. The summed E-state index contributed by atoms with van der Waals surface area (Å²) in [7, 11) is 0. The number of carbonyl (C=O) groups is 2. The summed E-state index contributed by atoms with van der Waals surface area (Å²) in [6, 6.07) is -0.868. The van der Waals surface area contributed by atoms with Crippen LogP contribution >= 0.6 is 0 Å². The van der Waals surface area contributed by atoms with Crippen molar-refractivity contribution in [2.24, 2.45) is 11.7 Å². The van der Waals surface area contributed by atoms with Gasteiger partial charge in [-0.1, -0.05) is 33.6 Å². The Labute approximate surface area is 103 Å². The molecule has 0 saturated carbocycles. The molecule has 0 spiro atoms. The van der Waals surface area contributed by atoms with Crippen molar-refractivity contribution in [3.05, 3.63) is 0 Å². The van der Waals surface area contributed by atoms with Gasteiger partial charge in [-0.2, -0.15) is 0 Å². The van der Waals surface area contributed by atoms with Crippen molar-refractivity contribution in [3.63, 3.8) is 0 Å². The van der Waals surface area contributed by atoms with Crippen molar-refractivity contribution in [1.82, 2.24) is 5.32 Å². The lowest BCUT2D eigenvalue weighted by Crippen LogP contribution is -2.57. The van der Waals surface area contributed by atoms with Crippen LogP contribution in [0.25, 0.3) is 0 Å². The first kappa shape index (κ1) is 15.9. The summed E-state index contributed by atoms with van der Waals surface area (Å²) in [6.07, 6.45) is 2.00. The van der Waals surface area contributed by atoms with Crippen LogP contribution in [0.3, 0.4) is 0 Å². The predicted octanol–water partition coefficient (Wildman–Crippen LogP) is 1.12. The van der Waals surface area contributed by atoms with Crippen molar-refractivity contribution >= 4 is 11.9 Å². The zero-order chi connectivity index (χ0) is 13.6. The molecular formula is C12H24N2O3. The van der Waals surface area contributed by atoms with Crippen LogP contribution in [-0.4, -0.2) is 28.6 Å². The van der Waals surface area contributed by atoms with Gasteiger partial charge < -0.3 is 16.2 Å². The van der Waals surface area contributed by atoms with Gasteiger partial charge >= 0.3 is 5.97 Å². The van der Waals surface area contributed by atoms with Crippen LogP contribution in [0.4, 0.5) is 0 Å². The van der Waals surface area contributed by atoms with E-state index < -0.39 is 23.5 Å². The summed E-state index contributed by atoms with van der Waals surface area (Å²) in [5.74, 6) is -1.53. The standard InChI is InChI=1S/C12H24N2O3/c1-5-7-12(4,13)11(17)14-9(10(15)16)8(3)6-2/h8-9H,5-7,13H2,1-4H3,(H,14,17)(H,15,16). The highest BCUT2D eigenvalue weighted by Crippen LogP contribution is 2.12. The van der Waals surface area contributed by atoms with E-state index in [1.54, 1.807) is 13.8 Å². The Morgan fingerprint density at radius 3 is 2.29 bits per heavy atom. The highest BCUT2D eigenvalue weighted by molar-refractivity contribution is 5.89. The third-order valence-corrected chi connectivity index (χ3v) is 3.05. The second-order valence-corrected chi connectivity index (χ2v) is 4.84. The van der Waals surface area contributed by atoms with E-state index >= 15 is 0 Å². The summed E-state index contributed by atoms with van der Waals surface area (Å²) in [5.41, 5.74) is 4.85. The Morgan fingerprint density at radius 2 is 1.94 bits per heavy atom. The summed E-state index contributed by atoms with van der Waals surface area (Å²) >= 11 is 0. The van der Waals surface area contributed by atoms with Crippen molar-refractivity contribution in [2.75, 3.05) is 0 Å². The summed E-state index contributed by atoms with van der Waals surface area (Å²) in [5, 5.41) is 11.6. The van der Waals surface area contributed by atoms with Crippen LogP contribution in [0, 0.1) is 5.92 Å². The SMILES string of the molecule is CCCC(C)(N)C(=O)NC(C(=O)O)C(C)CC. The molecule has 0 saturated heterocycles. The first-order valence-corrected chi connectivity index (χ1v) is 6.08. The van der Waals surface area contributed by atoms with E-state index in [0.717, 1.165) is 6.42 Å². The second kappa shape index (κ2) is 6.59. The van der Waals surface area contributed by atoms with Gasteiger partial charge in [0, 0.05) is 0 Å². The number of rotatable bonds is 7. The number of nitrogens with two attached hydrogens (primary N) is 1. The maximum atomic E-state index is 11.9. The van der Waals surface area contributed by atoms with Crippen LogP contribution in [0.2, 0.25) is 0 Å². The van der Waals surface area contributed by atoms with Crippen molar-refractivity contribution in [2.45, 2.75) is 58.5 Å². The van der Waals surface area contributed by atoms with Gasteiger partial charge in [-0.25, -0.2) is 4.79 Å². The molecule has 4 N–H and O–H groups in total. The fraction of sp³-hybridized carbons (Fsp3) is 0.833. The zero-order valence-electron chi connectivity index (χ0n) is 11.1. The van der Waals surface area contributed by atoms with Crippen molar-refractivity contribution in [3.8, 4) is 0 Å². The molecule has 5 heteroatoms. The Morgan fingerprint density at radius 1 is 1.41 bits per heavy atom. The summed E-state index contributed by atoms with van der Waals surface area (Å²) < 4.78 is 0. The normalized spacial score (nSPS) is 17.9. The summed E-state index contributed by atoms with van der Waals surface area (Å²) in [6.45, 7) is 7.25. The molecule has 0 aromatic carbocycles. The lowest BCUT2D eigenvalue weighted by molar-refractivity contribution is -0.144. The number of hydrogen-bond acceptors (Lipinski definition) is 3. The molecule has 0 radical (unpaired) electrons. The minimum Gasteiger partial charge on any atom is -0.480 e. The molecule has 0 aliphatic heterocycles. The van der Waals surface area contributed by atoms with E-state index in [0.29, 0.717) is 12.8 Å². The maximum Gasteiger partial charge on any atom is 0.326 e. The highest BCUT2D eigenvalue weighted by Gasteiger charge is 2.32. The molecule has 0 aliphatic carbocycles. The lowest BCUT2D eigenvalue weighted by atomic mass is 9.93. The molecular weight excluding hydrogens is 220 g/mol. The van der Waals surface area contributed by atoms with Crippen molar-refractivity contribution in [1.29, 1.82) is 0 Å². The molecule has 1 amide bonds. The van der Waals surface area contributed by atoms with Gasteiger partial charge in [0.25, 0.3) is 0 Å². The van der Waals surface area contributed by atoms with E-state index in [1.165, 1.54) is 0 Å². The lowest BCUT2D eigenvalue weighted by Gasteiger charge is -2.27. The third-order valence-electron chi connectivity index (χ3n) is 3.05. The maximum absolute atomic E-state index is 11.9. The van der Waals surface area contributed by atoms with Gasteiger partial charge in [0.05, 0.1) is 5.54 Å².